The van der Waals surface area contributed by atoms with Crippen molar-refractivity contribution < 1.29 is 14.3 Å². The van der Waals surface area contributed by atoms with Crippen molar-refractivity contribution in [1.82, 2.24) is 10.2 Å². The molecule has 0 aromatic heterocycles. The summed E-state index contributed by atoms with van der Waals surface area (Å²) in [6, 6.07) is 13.3. The van der Waals surface area contributed by atoms with E-state index in [9.17, 15) is 9.59 Å². The second-order valence-corrected chi connectivity index (χ2v) is 7.54. The number of para-hydroxylation sites is 2. The van der Waals surface area contributed by atoms with E-state index in [1.165, 1.54) is 0 Å². The second-order valence-electron chi connectivity index (χ2n) is 7.54. The average molecular weight is 396 g/mol. The van der Waals surface area contributed by atoms with Gasteiger partial charge in [-0.1, -0.05) is 30.3 Å². The Balaban J connectivity index is 1.48. The number of piperidine rings is 1. The number of carbonyl (C=O) groups is 2. The van der Waals surface area contributed by atoms with Crippen molar-refractivity contribution in [3.8, 4) is 5.75 Å². The van der Waals surface area contributed by atoms with Crippen molar-refractivity contribution in [2.24, 2.45) is 0 Å². The summed E-state index contributed by atoms with van der Waals surface area (Å²) in [7, 11) is 1.56. The minimum absolute atomic E-state index is 0.00101. The van der Waals surface area contributed by atoms with Crippen molar-refractivity contribution in [3.63, 3.8) is 0 Å². The van der Waals surface area contributed by atoms with Crippen LogP contribution in [-0.4, -0.2) is 49.5 Å². The van der Waals surface area contributed by atoms with Crippen LogP contribution in [0.5, 0.6) is 5.75 Å². The molecule has 2 amide bonds. The molecule has 29 heavy (non-hydrogen) atoms. The highest BCUT2D eigenvalue weighted by Crippen LogP contribution is 2.20. The zero-order chi connectivity index (χ0) is 20.8. The van der Waals surface area contributed by atoms with Gasteiger partial charge in [-0.25, -0.2) is 0 Å². The van der Waals surface area contributed by atoms with Gasteiger partial charge in [-0.15, -0.1) is 0 Å². The smallest absolute Gasteiger partial charge is 0.255 e. The number of rotatable bonds is 6. The average Bonchev–Trinajstić information content (AvgIpc) is 2.72. The van der Waals surface area contributed by atoms with E-state index in [0.29, 0.717) is 17.9 Å². The van der Waals surface area contributed by atoms with E-state index in [2.05, 4.69) is 15.5 Å². The van der Waals surface area contributed by atoms with Crippen molar-refractivity contribution in [2.45, 2.75) is 32.7 Å². The second kappa shape index (κ2) is 9.56. The van der Waals surface area contributed by atoms with E-state index in [0.717, 1.165) is 42.7 Å². The highest BCUT2D eigenvalue weighted by atomic mass is 16.5. The molecule has 2 aromatic rings. The van der Waals surface area contributed by atoms with Gasteiger partial charge in [0.1, 0.15) is 5.75 Å². The maximum Gasteiger partial charge on any atom is 0.255 e. The van der Waals surface area contributed by atoms with Crippen LogP contribution >= 0.6 is 0 Å². The highest BCUT2D eigenvalue weighted by Gasteiger charge is 2.23. The molecule has 0 aliphatic carbocycles. The summed E-state index contributed by atoms with van der Waals surface area (Å²) in [5.74, 6) is 0.457. The van der Waals surface area contributed by atoms with E-state index < -0.39 is 0 Å². The molecule has 3 rings (SSSR count). The SMILES string of the molecule is COc1ccccc1C(=O)NC1CCN(CC(=O)Nc2c(C)cccc2C)CC1. The maximum absolute atomic E-state index is 12.6. The van der Waals surface area contributed by atoms with E-state index >= 15 is 0 Å². The fourth-order valence-corrected chi connectivity index (χ4v) is 3.72. The molecule has 1 fully saturated rings. The minimum atomic E-state index is -0.117. The lowest BCUT2D eigenvalue weighted by Crippen LogP contribution is -2.46. The Kier molecular flexibility index (Phi) is 6.88. The van der Waals surface area contributed by atoms with E-state index in [1.54, 1.807) is 19.2 Å². The third-order valence-electron chi connectivity index (χ3n) is 5.39. The van der Waals surface area contributed by atoms with Crippen molar-refractivity contribution in [2.75, 3.05) is 32.1 Å². The number of nitrogens with one attached hydrogen (secondary N) is 2. The molecule has 1 aliphatic rings. The number of ether oxygens (including phenoxy) is 1. The van der Waals surface area contributed by atoms with Gasteiger partial charge in [0.2, 0.25) is 5.91 Å². The predicted molar refractivity (Wildman–Crippen MR) is 114 cm³/mol. The molecular formula is C23H29N3O3. The predicted octanol–water partition coefficient (Wildman–Crippen LogP) is 3.14. The molecule has 0 radical (unpaired) electrons. The molecule has 2 aromatic carbocycles. The van der Waals surface area contributed by atoms with Crippen LogP contribution < -0.4 is 15.4 Å². The highest BCUT2D eigenvalue weighted by molar-refractivity contribution is 5.97. The molecule has 6 heteroatoms. The lowest BCUT2D eigenvalue weighted by atomic mass is 10.0. The van der Waals surface area contributed by atoms with Gasteiger partial charge in [-0.05, 0) is 49.9 Å². The van der Waals surface area contributed by atoms with Crippen molar-refractivity contribution >= 4 is 17.5 Å². The van der Waals surface area contributed by atoms with E-state index in [4.69, 9.17) is 4.74 Å². The number of carbonyl (C=O) groups excluding carboxylic acids is 2. The lowest BCUT2D eigenvalue weighted by molar-refractivity contribution is -0.117. The molecule has 0 atom stereocenters. The normalized spacial score (nSPS) is 15.0. The summed E-state index contributed by atoms with van der Waals surface area (Å²) in [6.07, 6.45) is 1.63. The third-order valence-corrected chi connectivity index (χ3v) is 5.39. The minimum Gasteiger partial charge on any atom is -0.496 e. The fourth-order valence-electron chi connectivity index (χ4n) is 3.72. The summed E-state index contributed by atoms with van der Waals surface area (Å²) in [5, 5.41) is 6.13. The van der Waals surface area contributed by atoms with Crippen LogP contribution in [0.1, 0.15) is 34.3 Å². The first-order valence-corrected chi connectivity index (χ1v) is 10.00. The molecule has 1 aliphatic heterocycles. The summed E-state index contributed by atoms with van der Waals surface area (Å²) in [4.78, 5) is 27.1. The van der Waals surface area contributed by atoms with E-state index in [-0.39, 0.29) is 17.9 Å². The van der Waals surface area contributed by atoms with Crippen LogP contribution in [0.3, 0.4) is 0 Å². The lowest BCUT2D eigenvalue weighted by Gasteiger charge is -2.32. The maximum atomic E-state index is 12.6. The molecule has 0 unspecified atom stereocenters. The summed E-state index contributed by atoms with van der Waals surface area (Å²) >= 11 is 0. The van der Waals surface area contributed by atoms with Crippen LogP contribution in [-0.2, 0) is 4.79 Å². The number of likely N-dealkylation sites (tertiary alicyclic amines) is 1. The van der Waals surface area contributed by atoms with Gasteiger partial charge < -0.3 is 15.4 Å². The summed E-state index contributed by atoms with van der Waals surface area (Å²) < 4.78 is 5.27. The Morgan fingerprint density at radius 1 is 1.03 bits per heavy atom. The molecule has 0 saturated carbocycles. The number of methoxy groups -OCH3 is 1. The van der Waals surface area contributed by atoms with Gasteiger partial charge in [0, 0.05) is 24.8 Å². The van der Waals surface area contributed by atoms with Gasteiger partial charge in [0.05, 0.1) is 19.2 Å². The van der Waals surface area contributed by atoms with Crippen molar-refractivity contribution in [3.05, 3.63) is 59.2 Å². The number of benzene rings is 2. The van der Waals surface area contributed by atoms with E-state index in [1.807, 2.05) is 44.2 Å². The Labute approximate surface area is 172 Å². The zero-order valence-electron chi connectivity index (χ0n) is 17.3. The first-order chi connectivity index (χ1) is 14.0. The number of anilines is 1. The molecule has 1 saturated heterocycles. The molecule has 1 heterocycles. The van der Waals surface area contributed by atoms with Gasteiger partial charge in [0.25, 0.3) is 5.91 Å². The standard InChI is InChI=1S/C23H29N3O3/c1-16-7-6-8-17(2)22(16)25-21(27)15-26-13-11-18(12-14-26)24-23(28)19-9-4-5-10-20(19)29-3/h4-10,18H,11-15H2,1-3H3,(H,24,28)(H,25,27). The summed E-state index contributed by atoms with van der Waals surface area (Å²) in [6.45, 7) is 5.91. The molecule has 0 spiro atoms. The van der Waals surface area contributed by atoms with Crippen LogP contribution in [0.15, 0.2) is 42.5 Å². The Bertz CT molecular complexity index is 853. The molecular weight excluding hydrogens is 366 g/mol. The molecule has 2 N–H and O–H groups in total. The van der Waals surface area contributed by atoms with Crippen molar-refractivity contribution in [1.29, 1.82) is 0 Å². The quantitative estimate of drug-likeness (QED) is 0.788. The Morgan fingerprint density at radius 3 is 2.34 bits per heavy atom. The largest absolute Gasteiger partial charge is 0.496 e. The number of hydrogen-bond donors (Lipinski definition) is 2. The van der Waals surface area contributed by atoms with Crippen LogP contribution in [0, 0.1) is 13.8 Å². The van der Waals surface area contributed by atoms with Crippen LogP contribution in [0.4, 0.5) is 5.69 Å². The zero-order valence-corrected chi connectivity index (χ0v) is 17.3. The van der Waals surface area contributed by atoms with Crippen LogP contribution in [0.25, 0.3) is 0 Å². The topological polar surface area (TPSA) is 70.7 Å². The number of nitrogens with zero attached hydrogens (tertiary/aromatic N) is 1. The fraction of sp³-hybridized carbons (Fsp3) is 0.391. The monoisotopic (exact) mass is 395 g/mol. The number of amides is 2. The number of aryl methyl sites for hydroxylation is 2. The van der Waals surface area contributed by atoms with Gasteiger partial charge in [-0.3, -0.25) is 14.5 Å². The van der Waals surface area contributed by atoms with Gasteiger partial charge in [-0.2, -0.15) is 0 Å². The molecule has 0 bridgehead atoms. The first kappa shape index (κ1) is 20.9. The first-order valence-electron chi connectivity index (χ1n) is 10.00. The molecule has 154 valence electrons. The molecule has 6 nitrogen and oxygen atoms in total. The van der Waals surface area contributed by atoms with Gasteiger partial charge in [0.15, 0.2) is 0 Å². The Morgan fingerprint density at radius 2 is 1.69 bits per heavy atom. The summed E-state index contributed by atoms with van der Waals surface area (Å²) in [5.41, 5.74) is 3.58. The Hall–Kier alpha value is -2.86. The van der Waals surface area contributed by atoms with Crippen LogP contribution in [0.2, 0.25) is 0 Å². The van der Waals surface area contributed by atoms with Gasteiger partial charge >= 0.3 is 0 Å². The number of hydrogen-bond acceptors (Lipinski definition) is 4. The third kappa shape index (κ3) is 5.35.